The summed E-state index contributed by atoms with van der Waals surface area (Å²) in [6, 6.07) is 3.81. The van der Waals surface area contributed by atoms with E-state index in [1.165, 1.54) is 12.2 Å². The molecule has 1 aromatic rings. The fraction of sp³-hybridized carbons (Fsp3) is 0.400. The molecule has 0 aliphatic heterocycles. The molecule has 0 fully saturated rings. The topological polar surface area (TPSA) is 42.4 Å². The Kier molecular flexibility index (Phi) is 4.07. The summed E-state index contributed by atoms with van der Waals surface area (Å²) in [6.45, 7) is 0. The molecule has 0 aliphatic carbocycles. The highest BCUT2D eigenvalue weighted by Gasteiger charge is 2.07. The number of rotatable bonds is 4. The molecule has 0 saturated carbocycles. The molecule has 0 aliphatic rings. The highest BCUT2D eigenvalue weighted by atomic mass is 16.7. The molecule has 1 rings (SSSR count). The maximum atomic E-state index is 11.3. The van der Waals surface area contributed by atoms with Gasteiger partial charge in [0.2, 0.25) is 5.91 Å². The minimum Gasteiger partial charge on any atom is -0.275 e. The maximum absolute atomic E-state index is 11.3. The predicted octanol–water partition coefficient (Wildman–Crippen LogP) is 1.03. The Morgan fingerprint density at radius 2 is 2.43 bits per heavy atom. The summed E-state index contributed by atoms with van der Waals surface area (Å²) in [5.41, 5.74) is 1.06. The average molecular weight is 194 g/mol. The van der Waals surface area contributed by atoms with Gasteiger partial charge in [-0.3, -0.25) is 14.6 Å². The number of hydroxylamine groups is 2. The lowest BCUT2D eigenvalue weighted by Gasteiger charge is -2.12. The number of amides is 1. The van der Waals surface area contributed by atoms with Gasteiger partial charge in [0.15, 0.2) is 0 Å². The summed E-state index contributed by atoms with van der Waals surface area (Å²) in [5, 5.41) is 1.23. The second-order valence-corrected chi connectivity index (χ2v) is 2.94. The Bertz CT molecular complexity index is 287. The molecule has 1 heterocycles. The maximum Gasteiger partial charge on any atom is 0.246 e. The van der Waals surface area contributed by atoms with E-state index < -0.39 is 0 Å². The molecular weight excluding hydrogens is 180 g/mol. The van der Waals surface area contributed by atoms with Gasteiger partial charge in [-0.25, -0.2) is 5.06 Å². The quantitative estimate of drug-likeness (QED) is 0.672. The van der Waals surface area contributed by atoms with Crippen molar-refractivity contribution in [3.8, 4) is 0 Å². The van der Waals surface area contributed by atoms with Crippen LogP contribution >= 0.6 is 0 Å². The second kappa shape index (κ2) is 5.34. The van der Waals surface area contributed by atoms with Crippen molar-refractivity contribution < 1.29 is 9.63 Å². The minimum atomic E-state index is -0.0312. The number of hydrogen-bond donors (Lipinski definition) is 0. The van der Waals surface area contributed by atoms with E-state index in [-0.39, 0.29) is 5.91 Å². The van der Waals surface area contributed by atoms with Gasteiger partial charge >= 0.3 is 0 Å². The SMILES string of the molecule is CON(C)C(=O)CCc1cccnc1. The van der Waals surface area contributed by atoms with Crippen LogP contribution in [0.4, 0.5) is 0 Å². The molecule has 1 amide bonds. The van der Waals surface area contributed by atoms with Crippen LogP contribution in [0.25, 0.3) is 0 Å². The van der Waals surface area contributed by atoms with Crippen molar-refractivity contribution in [2.45, 2.75) is 12.8 Å². The van der Waals surface area contributed by atoms with Gasteiger partial charge in [0.25, 0.3) is 0 Å². The summed E-state index contributed by atoms with van der Waals surface area (Å²) < 4.78 is 0. The summed E-state index contributed by atoms with van der Waals surface area (Å²) >= 11 is 0. The molecule has 0 radical (unpaired) electrons. The molecule has 0 unspecified atom stereocenters. The minimum absolute atomic E-state index is 0.0312. The highest BCUT2D eigenvalue weighted by molar-refractivity contribution is 5.74. The van der Waals surface area contributed by atoms with Crippen molar-refractivity contribution in [1.29, 1.82) is 0 Å². The molecule has 4 heteroatoms. The van der Waals surface area contributed by atoms with Gasteiger partial charge in [-0.15, -0.1) is 0 Å². The van der Waals surface area contributed by atoms with E-state index in [0.717, 1.165) is 5.56 Å². The van der Waals surface area contributed by atoms with Crippen LogP contribution in [0, 0.1) is 0 Å². The Balaban J connectivity index is 2.38. The lowest BCUT2D eigenvalue weighted by molar-refractivity contribution is -0.168. The number of pyridine rings is 1. The van der Waals surface area contributed by atoms with Crippen molar-refractivity contribution in [2.75, 3.05) is 14.2 Å². The first kappa shape index (κ1) is 10.7. The molecule has 14 heavy (non-hydrogen) atoms. The average Bonchev–Trinajstić information content (AvgIpc) is 2.26. The molecule has 0 aromatic carbocycles. The fourth-order valence-corrected chi connectivity index (χ4v) is 1.06. The van der Waals surface area contributed by atoms with E-state index in [2.05, 4.69) is 4.98 Å². The molecular formula is C10H14N2O2. The third kappa shape index (κ3) is 3.14. The van der Waals surface area contributed by atoms with E-state index in [9.17, 15) is 4.79 Å². The Labute approximate surface area is 83.5 Å². The molecule has 0 bridgehead atoms. The summed E-state index contributed by atoms with van der Waals surface area (Å²) in [4.78, 5) is 20.1. The Morgan fingerprint density at radius 3 is 3.00 bits per heavy atom. The first-order chi connectivity index (χ1) is 6.74. The lowest BCUT2D eigenvalue weighted by Crippen LogP contribution is -2.25. The van der Waals surface area contributed by atoms with Crippen molar-refractivity contribution in [2.24, 2.45) is 0 Å². The van der Waals surface area contributed by atoms with E-state index >= 15 is 0 Å². The normalized spacial score (nSPS) is 9.86. The van der Waals surface area contributed by atoms with Crippen molar-refractivity contribution in [1.82, 2.24) is 10.0 Å². The van der Waals surface area contributed by atoms with Crippen molar-refractivity contribution in [3.05, 3.63) is 30.1 Å². The third-order valence-electron chi connectivity index (χ3n) is 1.98. The van der Waals surface area contributed by atoms with Crippen molar-refractivity contribution in [3.63, 3.8) is 0 Å². The first-order valence-corrected chi connectivity index (χ1v) is 4.43. The number of carbonyl (C=O) groups is 1. The van der Waals surface area contributed by atoms with Gasteiger partial charge in [0.1, 0.15) is 0 Å². The highest BCUT2D eigenvalue weighted by Crippen LogP contribution is 2.02. The van der Waals surface area contributed by atoms with Crippen LogP contribution < -0.4 is 0 Å². The third-order valence-corrected chi connectivity index (χ3v) is 1.98. The number of carbonyl (C=O) groups excluding carboxylic acids is 1. The van der Waals surface area contributed by atoms with Crippen LogP contribution in [-0.4, -0.2) is 30.1 Å². The molecule has 0 N–H and O–H groups in total. The Morgan fingerprint density at radius 1 is 1.64 bits per heavy atom. The van der Waals surface area contributed by atoms with Gasteiger partial charge in [-0.05, 0) is 18.1 Å². The zero-order chi connectivity index (χ0) is 10.4. The van der Waals surface area contributed by atoms with Gasteiger partial charge in [-0.2, -0.15) is 0 Å². The second-order valence-electron chi connectivity index (χ2n) is 2.94. The lowest BCUT2D eigenvalue weighted by atomic mass is 10.1. The van der Waals surface area contributed by atoms with Crippen LogP contribution in [0.15, 0.2) is 24.5 Å². The van der Waals surface area contributed by atoms with Gasteiger partial charge < -0.3 is 0 Å². The fourth-order valence-electron chi connectivity index (χ4n) is 1.06. The smallest absolute Gasteiger partial charge is 0.246 e. The molecule has 0 atom stereocenters. The Hall–Kier alpha value is -1.42. The summed E-state index contributed by atoms with van der Waals surface area (Å²) in [6.07, 6.45) is 4.61. The van der Waals surface area contributed by atoms with Crippen LogP contribution in [-0.2, 0) is 16.1 Å². The monoisotopic (exact) mass is 194 g/mol. The molecule has 1 aromatic heterocycles. The number of nitrogens with zero attached hydrogens (tertiary/aromatic N) is 2. The molecule has 76 valence electrons. The van der Waals surface area contributed by atoms with E-state index in [4.69, 9.17) is 4.84 Å². The predicted molar refractivity (Wildman–Crippen MR) is 52.3 cm³/mol. The largest absolute Gasteiger partial charge is 0.275 e. The summed E-state index contributed by atoms with van der Waals surface area (Å²) in [7, 11) is 3.08. The van der Waals surface area contributed by atoms with Crippen LogP contribution in [0.1, 0.15) is 12.0 Å². The van der Waals surface area contributed by atoms with Gasteiger partial charge in [-0.1, -0.05) is 6.07 Å². The van der Waals surface area contributed by atoms with Crippen LogP contribution in [0.3, 0.4) is 0 Å². The van der Waals surface area contributed by atoms with E-state index in [1.807, 2.05) is 12.1 Å². The number of aromatic nitrogens is 1. The molecule has 0 saturated heterocycles. The number of hydrogen-bond acceptors (Lipinski definition) is 3. The number of aryl methyl sites for hydroxylation is 1. The molecule has 0 spiro atoms. The van der Waals surface area contributed by atoms with Crippen LogP contribution in [0.5, 0.6) is 0 Å². The van der Waals surface area contributed by atoms with Crippen molar-refractivity contribution >= 4 is 5.91 Å². The standard InChI is InChI=1S/C10H14N2O2/c1-12(14-2)10(13)6-5-9-4-3-7-11-8-9/h3-4,7-8H,5-6H2,1-2H3. The van der Waals surface area contributed by atoms with Gasteiger partial charge in [0.05, 0.1) is 7.11 Å². The van der Waals surface area contributed by atoms with E-state index in [0.29, 0.717) is 12.8 Å². The zero-order valence-electron chi connectivity index (χ0n) is 8.43. The zero-order valence-corrected chi connectivity index (χ0v) is 8.43. The first-order valence-electron chi connectivity index (χ1n) is 4.43. The van der Waals surface area contributed by atoms with Gasteiger partial charge in [0, 0.05) is 25.9 Å². The summed E-state index contributed by atoms with van der Waals surface area (Å²) in [5.74, 6) is -0.0312. The van der Waals surface area contributed by atoms with Crippen LogP contribution in [0.2, 0.25) is 0 Å². The van der Waals surface area contributed by atoms with E-state index in [1.54, 1.807) is 19.4 Å². The molecule has 4 nitrogen and oxygen atoms in total.